The van der Waals surface area contributed by atoms with Gasteiger partial charge in [0, 0.05) is 20.8 Å². The van der Waals surface area contributed by atoms with Crippen molar-refractivity contribution in [2.75, 3.05) is 20.8 Å². The molecule has 3 atom stereocenters. The summed E-state index contributed by atoms with van der Waals surface area (Å²) < 4.78 is 15.9. The Morgan fingerprint density at radius 3 is 2.45 bits per heavy atom. The van der Waals surface area contributed by atoms with Crippen molar-refractivity contribution in [3.8, 4) is 0 Å². The first-order chi connectivity index (χ1) is 5.29. The first kappa shape index (κ1) is 8.97. The van der Waals surface area contributed by atoms with E-state index in [4.69, 9.17) is 14.2 Å². The molecule has 1 aliphatic rings. The summed E-state index contributed by atoms with van der Waals surface area (Å²) in [6.07, 6.45) is 1.37. The van der Waals surface area contributed by atoms with E-state index in [0.717, 1.165) is 13.0 Å². The van der Waals surface area contributed by atoms with Gasteiger partial charge in [-0.3, -0.25) is 0 Å². The lowest BCUT2D eigenvalue weighted by Crippen LogP contribution is -2.45. The van der Waals surface area contributed by atoms with E-state index in [1.54, 1.807) is 14.2 Å². The molecule has 66 valence electrons. The van der Waals surface area contributed by atoms with E-state index < -0.39 is 0 Å². The summed E-state index contributed by atoms with van der Waals surface area (Å²) in [5.74, 6) is 0. The molecular weight excluding hydrogens is 144 g/mol. The van der Waals surface area contributed by atoms with Crippen molar-refractivity contribution in [2.45, 2.75) is 31.7 Å². The Morgan fingerprint density at radius 1 is 1.27 bits per heavy atom. The van der Waals surface area contributed by atoms with E-state index >= 15 is 0 Å². The maximum absolute atomic E-state index is 5.41. The highest BCUT2D eigenvalue weighted by Crippen LogP contribution is 2.18. The molecule has 0 unspecified atom stereocenters. The van der Waals surface area contributed by atoms with Gasteiger partial charge in [0.25, 0.3) is 0 Å². The van der Waals surface area contributed by atoms with Gasteiger partial charge in [-0.25, -0.2) is 0 Å². The molecule has 0 aromatic heterocycles. The van der Waals surface area contributed by atoms with Crippen molar-refractivity contribution >= 4 is 0 Å². The molecule has 0 aromatic rings. The number of hydrogen-bond donors (Lipinski definition) is 0. The monoisotopic (exact) mass is 160 g/mol. The SMILES string of the molecule is CO[C@H]1[C@H](C)OCC[C@@H]1OC. The molecule has 3 heteroatoms. The fraction of sp³-hybridized carbons (Fsp3) is 1.00. The Morgan fingerprint density at radius 2 is 2.00 bits per heavy atom. The van der Waals surface area contributed by atoms with Crippen LogP contribution >= 0.6 is 0 Å². The van der Waals surface area contributed by atoms with Gasteiger partial charge in [0.05, 0.1) is 12.2 Å². The molecule has 11 heavy (non-hydrogen) atoms. The fourth-order valence-corrected chi connectivity index (χ4v) is 1.53. The average molecular weight is 160 g/mol. The van der Waals surface area contributed by atoms with Gasteiger partial charge in [0.1, 0.15) is 6.10 Å². The zero-order valence-corrected chi connectivity index (χ0v) is 7.37. The lowest BCUT2D eigenvalue weighted by Gasteiger charge is -2.34. The van der Waals surface area contributed by atoms with Crippen molar-refractivity contribution in [3.63, 3.8) is 0 Å². The van der Waals surface area contributed by atoms with Crippen molar-refractivity contribution in [1.82, 2.24) is 0 Å². The standard InChI is InChI=1S/C8H16O3/c1-6-8(10-3)7(9-2)4-5-11-6/h6-8H,4-5H2,1-3H3/t6-,7-,8-/m0/s1. The van der Waals surface area contributed by atoms with Crippen molar-refractivity contribution in [3.05, 3.63) is 0 Å². The lowest BCUT2D eigenvalue weighted by atomic mass is 10.0. The second-order valence-corrected chi connectivity index (χ2v) is 2.84. The summed E-state index contributed by atoms with van der Waals surface area (Å²) >= 11 is 0. The number of rotatable bonds is 2. The molecule has 1 heterocycles. The number of methoxy groups -OCH3 is 2. The smallest absolute Gasteiger partial charge is 0.109 e. The van der Waals surface area contributed by atoms with Crippen LogP contribution in [0.5, 0.6) is 0 Å². The van der Waals surface area contributed by atoms with Crippen LogP contribution in [-0.2, 0) is 14.2 Å². The van der Waals surface area contributed by atoms with Gasteiger partial charge >= 0.3 is 0 Å². The van der Waals surface area contributed by atoms with Crippen molar-refractivity contribution < 1.29 is 14.2 Å². The predicted octanol–water partition coefficient (Wildman–Crippen LogP) is 0.825. The van der Waals surface area contributed by atoms with Gasteiger partial charge in [0.15, 0.2) is 0 Å². The van der Waals surface area contributed by atoms with E-state index in [9.17, 15) is 0 Å². The van der Waals surface area contributed by atoms with Gasteiger partial charge in [-0.15, -0.1) is 0 Å². The predicted molar refractivity (Wildman–Crippen MR) is 41.6 cm³/mol. The maximum Gasteiger partial charge on any atom is 0.109 e. The Kier molecular flexibility index (Phi) is 3.30. The van der Waals surface area contributed by atoms with Crippen LogP contribution in [0.4, 0.5) is 0 Å². The molecule has 0 aliphatic carbocycles. The third-order valence-corrected chi connectivity index (χ3v) is 2.19. The van der Waals surface area contributed by atoms with Crippen LogP contribution in [0.25, 0.3) is 0 Å². The number of ether oxygens (including phenoxy) is 3. The fourth-order valence-electron chi connectivity index (χ4n) is 1.53. The van der Waals surface area contributed by atoms with Crippen LogP contribution in [0.2, 0.25) is 0 Å². The van der Waals surface area contributed by atoms with Crippen LogP contribution < -0.4 is 0 Å². The van der Waals surface area contributed by atoms with E-state index in [0.29, 0.717) is 0 Å². The van der Waals surface area contributed by atoms with Crippen LogP contribution in [0, 0.1) is 0 Å². The highest BCUT2D eigenvalue weighted by Gasteiger charge is 2.31. The van der Waals surface area contributed by atoms with E-state index in [-0.39, 0.29) is 18.3 Å². The Labute approximate surface area is 67.6 Å². The molecule has 0 N–H and O–H groups in total. The zero-order valence-electron chi connectivity index (χ0n) is 7.37. The minimum absolute atomic E-state index is 0.0914. The van der Waals surface area contributed by atoms with Gasteiger partial charge in [0.2, 0.25) is 0 Å². The summed E-state index contributed by atoms with van der Waals surface area (Å²) in [5, 5.41) is 0. The molecule has 1 aliphatic heterocycles. The number of hydrogen-bond acceptors (Lipinski definition) is 3. The zero-order chi connectivity index (χ0) is 8.27. The quantitative estimate of drug-likeness (QED) is 0.598. The second-order valence-electron chi connectivity index (χ2n) is 2.84. The average Bonchev–Trinajstić information content (AvgIpc) is 2.04. The summed E-state index contributed by atoms with van der Waals surface area (Å²) in [6.45, 7) is 2.79. The Hall–Kier alpha value is -0.120. The van der Waals surface area contributed by atoms with E-state index in [1.807, 2.05) is 6.92 Å². The molecule has 0 spiro atoms. The normalized spacial score (nSPS) is 39.0. The van der Waals surface area contributed by atoms with Gasteiger partial charge < -0.3 is 14.2 Å². The van der Waals surface area contributed by atoms with Crippen LogP contribution in [0.3, 0.4) is 0 Å². The van der Waals surface area contributed by atoms with Crippen LogP contribution in [0.1, 0.15) is 13.3 Å². The largest absolute Gasteiger partial charge is 0.379 e. The Balaban J connectivity index is 2.48. The molecule has 1 rings (SSSR count). The van der Waals surface area contributed by atoms with Gasteiger partial charge in [-0.2, -0.15) is 0 Å². The van der Waals surface area contributed by atoms with Crippen molar-refractivity contribution in [2.24, 2.45) is 0 Å². The molecular formula is C8H16O3. The molecule has 0 aromatic carbocycles. The third-order valence-electron chi connectivity index (χ3n) is 2.19. The molecule has 0 bridgehead atoms. The van der Waals surface area contributed by atoms with Crippen LogP contribution in [0.15, 0.2) is 0 Å². The molecule has 3 nitrogen and oxygen atoms in total. The maximum atomic E-state index is 5.41. The minimum Gasteiger partial charge on any atom is -0.379 e. The topological polar surface area (TPSA) is 27.7 Å². The first-order valence-corrected chi connectivity index (χ1v) is 3.96. The Bertz CT molecular complexity index is 116. The highest BCUT2D eigenvalue weighted by molar-refractivity contribution is 4.80. The van der Waals surface area contributed by atoms with E-state index in [1.165, 1.54) is 0 Å². The highest BCUT2D eigenvalue weighted by atomic mass is 16.6. The molecule has 0 radical (unpaired) electrons. The first-order valence-electron chi connectivity index (χ1n) is 3.96. The third kappa shape index (κ3) is 1.92. The van der Waals surface area contributed by atoms with Gasteiger partial charge in [-0.05, 0) is 13.3 Å². The molecule has 1 fully saturated rings. The molecule has 0 amide bonds. The summed E-state index contributed by atoms with van der Waals surface area (Å²) in [7, 11) is 3.41. The minimum atomic E-state index is 0.0914. The van der Waals surface area contributed by atoms with Crippen LogP contribution in [-0.4, -0.2) is 39.1 Å². The molecule has 1 saturated heterocycles. The van der Waals surface area contributed by atoms with E-state index in [2.05, 4.69) is 0 Å². The van der Waals surface area contributed by atoms with Gasteiger partial charge in [-0.1, -0.05) is 0 Å². The van der Waals surface area contributed by atoms with Crippen molar-refractivity contribution in [1.29, 1.82) is 0 Å². The summed E-state index contributed by atoms with van der Waals surface area (Å²) in [6, 6.07) is 0. The second kappa shape index (κ2) is 4.04. The summed E-state index contributed by atoms with van der Waals surface area (Å²) in [5.41, 5.74) is 0. The molecule has 0 saturated carbocycles. The lowest BCUT2D eigenvalue weighted by molar-refractivity contribution is -0.151. The summed E-state index contributed by atoms with van der Waals surface area (Å²) in [4.78, 5) is 0.